The smallest absolute Gasteiger partial charge is 0.449 e. The van der Waals surface area contributed by atoms with Crippen molar-refractivity contribution in [3.8, 4) is 11.1 Å². The maximum absolute atomic E-state index is 11.9. The van der Waals surface area contributed by atoms with Gasteiger partial charge in [0, 0.05) is 12.5 Å². The van der Waals surface area contributed by atoms with Gasteiger partial charge in [0.15, 0.2) is 0 Å². The van der Waals surface area contributed by atoms with Gasteiger partial charge in [-0.1, -0.05) is 48.5 Å². The molecular weight excluding hydrogens is 369 g/mol. The molecule has 1 atom stereocenters. The first-order chi connectivity index (χ1) is 13.0. The third-order valence-electron chi connectivity index (χ3n) is 4.26. The van der Waals surface area contributed by atoms with Crippen LogP contribution < -0.4 is 5.32 Å². The van der Waals surface area contributed by atoms with E-state index in [2.05, 4.69) is 22.0 Å². The van der Waals surface area contributed by atoms with Crippen molar-refractivity contribution < 1.29 is 28.0 Å². The molecule has 1 aliphatic carbocycles. The van der Waals surface area contributed by atoms with Crippen LogP contribution >= 0.6 is 7.82 Å². The van der Waals surface area contributed by atoms with E-state index in [1.807, 2.05) is 36.4 Å². The van der Waals surface area contributed by atoms with E-state index in [0.29, 0.717) is 0 Å². The molecule has 2 aromatic rings. The molecule has 0 bridgehead atoms. The van der Waals surface area contributed by atoms with Crippen LogP contribution in [-0.4, -0.2) is 37.4 Å². The standard InChI is InChI=1S/C19H22NO6P/c1-2-25-27(22,23)26-12-11-20-19(21)24-13-18-16-9-5-3-7-14(16)15-8-4-6-10-17(15)18/h3-10,18H,2,11-13H2,1H3,(H,20,21)(H,22,23). The number of hydrogen-bond donors (Lipinski definition) is 2. The topological polar surface area (TPSA) is 94.1 Å². The first-order valence-electron chi connectivity index (χ1n) is 8.72. The van der Waals surface area contributed by atoms with E-state index < -0.39 is 13.9 Å². The van der Waals surface area contributed by atoms with Crippen LogP contribution in [0.4, 0.5) is 4.79 Å². The summed E-state index contributed by atoms with van der Waals surface area (Å²) in [5.74, 6) is -0.0185. The van der Waals surface area contributed by atoms with Crippen LogP contribution in [-0.2, 0) is 18.3 Å². The zero-order valence-corrected chi connectivity index (χ0v) is 15.9. The van der Waals surface area contributed by atoms with Gasteiger partial charge in [-0.15, -0.1) is 0 Å². The Bertz CT molecular complexity index is 810. The monoisotopic (exact) mass is 391 g/mol. The average Bonchev–Trinajstić information content (AvgIpc) is 2.97. The summed E-state index contributed by atoms with van der Waals surface area (Å²) in [5, 5.41) is 2.50. The van der Waals surface area contributed by atoms with E-state index in [9.17, 15) is 14.3 Å². The van der Waals surface area contributed by atoms with Crippen molar-refractivity contribution in [1.82, 2.24) is 5.32 Å². The maximum atomic E-state index is 11.9. The molecule has 0 aromatic heterocycles. The van der Waals surface area contributed by atoms with Gasteiger partial charge in [-0.2, -0.15) is 0 Å². The Morgan fingerprint density at radius 1 is 1.07 bits per heavy atom. The Balaban J connectivity index is 1.52. The number of carbonyl (C=O) groups excluding carboxylic acids is 1. The van der Waals surface area contributed by atoms with Gasteiger partial charge in [0.25, 0.3) is 0 Å². The van der Waals surface area contributed by atoms with Crippen LogP contribution in [0.1, 0.15) is 24.0 Å². The lowest BCUT2D eigenvalue weighted by Crippen LogP contribution is -2.29. The van der Waals surface area contributed by atoms with Crippen molar-refractivity contribution in [2.45, 2.75) is 12.8 Å². The second-order valence-electron chi connectivity index (χ2n) is 5.97. The first-order valence-corrected chi connectivity index (χ1v) is 10.2. The summed E-state index contributed by atoms with van der Waals surface area (Å²) in [6.07, 6.45) is -0.607. The molecule has 1 amide bonds. The van der Waals surface area contributed by atoms with Gasteiger partial charge in [0.1, 0.15) is 6.61 Å². The lowest BCUT2D eigenvalue weighted by atomic mass is 9.98. The Kier molecular flexibility index (Phi) is 6.29. The lowest BCUT2D eigenvalue weighted by molar-refractivity contribution is 0.133. The van der Waals surface area contributed by atoms with Crippen molar-refractivity contribution in [2.75, 3.05) is 26.4 Å². The highest BCUT2D eigenvalue weighted by molar-refractivity contribution is 7.47. The number of benzene rings is 2. The highest BCUT2D eigenvalue weighted by Gasteiger charge is 2.29. The number of carbonyl (C=O) groups is 1. The lowest BCUT2D eigenvalue weighted by Gasteiger charge is -2.15. The molecule has 144 valence electrons. The van der Waals surface area contributed by atoms with Crippen molar-refractivity contribution in [1.29, 1.82) is 0 Å². The predicted octanol–water partition coefficient (Wildman–Crippen LogP) is 3.68. The van der Waals surface area contributed by atoms with Gasteiger partial charge in [0.2, 0.25) is 0 Å². The van der Waals surface area contributed by atoms with Crippen LogP contribution in [0.3, 0.4) is 0 Å². The van der Waals surface area contributed by atoms with Crippen molar-refractivity contribution >= 4 is 13.9 Å². The van der Waals surface area contributed by atoms with Crippen LogP contribution in [0.15, 0.2) is 48.5 Å². The largest absolute Gasteiger partial charge is 0.472 e. The number of fused-ring (bicyclic) bond motifs is 3. The summed E-state index contributed by atoms with van der Waals surface area (Å²) in [7, 11) is -4.05. The fourth-order valence-electron chi connectivity index (χ4n) is 3.16. The maximum Gasteiger partial charge on any atom is 0.472 e. The zero-order valence-electron chi connectivity index (χ0n) is 15.0. The highest BCUT2D eigenvalue weighted by atomic mass is 31.2. The summed E-state index contributed by atoms with van der Waals surface area (Å²) < 4.78 is 26.0. The van der Waals surface area contributed by atoms with E-state index in [1.165, 1.54) is 0 Å². The van der Waals surface area contributed by atoms with E-state index in [-0.39, 0.29) is 32.3 Å². The number of phosphoric ester groups is 1. The van der Waals surface area contributed by atoms with Gasteiger partial charge in [-0.25, -0.2) is 9.36 Å². The molecule has 1 unspecified atom stereocenters. The fraction of sp³-hybridized carbons (Fsp3) is 0.316. The van der Waals surface area contributed by atoms with Crippen molar-refractivity contribution in [3.05, 3.63) is 59.7 Å². The van der Waals surface area contributed by atoms with Crippen LogP contribution in [0.25, 0.3) is 11.1 Å². The minimum absolute atomic E-state index is 0.0185. The van der Waals surface area contributed by atoms with E-state index >= 15 is 0 Å². The molecular formula is C19H22NO6P. The highest BCUT2D eigenvalue weighted by Crippen LogP contribution is 2.44. The number of hydrogen-bond acceptors (Lipinski definition) is 5. The number of amides is 1. The Morgan fingerprint density at radius 2 is 1.67 bits per heavy atom. The molecule has 1 aliphatic rings. The number of phosphoric acid groups is 1. The first kappa shape index (κ1) is 19.6. The summed E-state index contributed by atoms with van der Waals surface area (Å²) in [4.78, 5) is 21.2. The minimum atomic E-state index is -4.05. The molecule has 0 radical (unpaired) electrons. The van der Waals surface area contributed by atoms with E-state index in [1.54, 1.807) is 6.92 Å². The quantitative estimate of drug-likeness (QED) is 0.527. The molecule has 2 aromatic carbocycles. The Morgan fingerprint density at radius 3 is 2.26 bits per heavy atom. The summed E-state index contributed by atoms with van der Waals surface area (Å²) in [6.45, 7) is 1.74. The molecule has 7 nitrogen and oxygen atoms in total. The predicted molar refractivity (Wildman–Crippen MR) is 100 cm³/mol. The number of rotatable bonds is 8. The molecule has 3 rings (SSSR count). The Hall–Kier alpha value is -2.18. The van der Waals surface area contributed by atoms with Gasteiger partial charge in [-0.3, -0.25) is 9.05 Å². The summed E-state index contributed by atoms with van der Waals surface area (Å²) >= 11 is 0. The molecule has 8 heteroatoms. The third kappa shape index (κ3) is 4.76. The van der Waals surface area contributed by atoms with Crippen LogP contribution in [0, 0.1) is 0 Å². The molecule has 2 N–H and O–H groups in total. The molecule has 0 saturated heterocycles. The van der Waals surface area contributed by atoms with Crippen molar-refractivity contribution in [2.24, 2.45) is 0 Å². The molecule has 0 spiro atoms. The van der Waals surface area contributed by atoms with E-state index in [0.717, 1.165) is 22.3 Å². The zero-order chi connectivity index (χ0) is 19.3. The fourth-order valence-corrected chi connectivity index (χ4v) is 3.89. The van der Waals surface area contributed by atoms with Crippen LogP contribution in [0.5, 0.6) is 0 Å². The summed E-state index contributed by atoms with van der Waals surface area (Å²) in [6, 6.07) is 16.2. The summed E-state index contributed by atoms with van der Waals surface area (Å²) in [5.41, 5.74) is 4.58. The molecule has 0 fully saturated rings. The minimum Gasteiger partial charge on any atom is -0.449 e. The molecule has 0 saturated carbocycles. The van der Waals surface area contributed by atoms with Crippen LogP contribution in [0.2, 0.25) is 0 Å². The van der Waals surface area contributed by atoms with Crippen molar-refractivity contribution in [3.63, 3.8) is 0 Å². The Labute approximate surface area is 157 Å². The van der Waals surface area contributed by atoms with Gasteiger partial charge < -0.3 is 14.9 Å². The average molecular weight is 391 g/mol. The van der Waals surface area contributed by atoms with Gasteiger partial charge in [-0.05, 0) is 29.2 Å². The van der Waals surface area contributed by atoms with Gasteiger partial charge >= 0.3 is 13.9 Å². The molecule has 0 heterocycles. The van der Waals surface area contributed by atoms with E-state index in [4.69, 9.17) is 9.26 Å². The molecule has 0 aliphatic heterocycles. The normalized spacial score (nSPS) is 14.9. The number of nitrogens with one attached hydrogen (secondary N) is 1. The second-order valence-corrected chi connectivity index (χ2v) is 7.43. The third-order valence-corrected chi connectivity index (χ3v) is 5.36. The number of ether oxygens (including phenoxy) is 1. The SMILES string of the molecule is CCOP(=O)(O)OCCNC(=O)OCC1c2ccccc2-c2ccccc21. The molecule has 27 heavy (non-hydrogen) atoms. The number of alkyl carbamates (subject to hydrolysis) is 1. The van der Waals surface area contributed by atoms with Gasteiger partial charge in [0.05, 0.1) is 13.2 Å². The second kappa shape index (κ2) is 8.67.